The highest BCUT2D eigenvalue weighted by molar-refractivity contribution is 7.92. The Morgan fingerprint density at radius 2 is 1.84 bits per heavy atom. The molecule has 0 saturated heterocycles. The van der Waals surface area contributed by atoms with Gasteiger partial charge in [0.05, 0.1) is 11.6 Å². The van der Waals surface area contributed by atoms with Crippen molar-refractivity contribution >= 4 is 51.0 Å². The largest absolute Gasteiger partial charge is 0.463 e. The van der Waals surface area contributed by atoms with Crippen LogP contribution in [0.1, 0.15) is 12.5 Å². The van der Waals surface area contributed by atoms with Gasteiger partial charge in [0, 0.05) is 16.8 Å². The zero-order valence-electron chi connectivity index (χ0n) is 13.2. The number of sulfonamides is 1. The smallest absolute Gasteiger partial charge is 0.330 e. The molecule has 0 aliphatic rings. The molecule has 132 valence electrons. The fraction of sp³-hybridized carbons (Fsp3) is 0.118. The molecule has 0 bridgehead atoms. The van der Waals surface area contributed by atoms with Gasteiger partial charge in [-0.05, 0) is 48.9 Å². The molecule has 0 atom stereocenters. The molecule has 2 aromatic rings. The van der Waals surface area contributed by atoms with Crippen molar-refractivity contribution in [3.8, 4) is 0 Å². The summed E-state index contributed by atoms with van der Waals surface area (Å²) in [6, 6.07) is 10.6. The first-order valence-electron chi connectivity index (χ1n) is 7.24. The first-order chi connectivity index (χ1) is 11.8. The maximum atomic E-state index is 12.4. The Hall–Kier alpha value is -2.02. The zero-order valence-corrected chi connectivity index (χ0v) is 15.5. The first kappa shape index (κ1) is 19.3. The number of hydrogen-bond acceptors (Lipinski definition) is 4. The van der Waals surface area contributed by atoms with E-state index in [4.69, 9.17) is 27.9 Å². The molecule has 8 heteroatoms. The summed E-state index contributed by atoms with van der Waals surface area (Å²) in [4.78, 5) is 11.2. The number of hydrogen-bond donors (Lipinski definition) is 1. The topological polar surface area (TPSA) is 72.5 Å². The van der Waals surface area contributed by atoms with Crippen LogP contribution in [-0.2, 0) is 19.6 Å². The van der Waals surface area contributed by atoms with Crippen LogP contribution in [0, 0.1) is 0 Å². The maximum Gasteiger partial charge on any atom is 0.330 e. The van der Waals surface area contributed by atoms with E-state index < -0.39 is 16.0 Å². The Bertz CT molecular complexity index is 893. The average molecular weight is 400 g/mol. The van der Waals surface area contributed by atoms with Gasteiger partial charge in [0.2, 0.25) is 0 Å². The van der Waals surface area contributed by atoms with E-state index in [1.54, 1.807) is 37.3 Å². The van der Waals surface area contributed by atoms with E-state index in [1.165, 1.54) is 24.3 Å². The van der Waals surface area contributed by atoms with Crippen LogP contribution in [0.2, 0.25) is 10.0 Å². The number of carbonyl (C=O) groups excluding carboxylic acids is 1. The average Bonchev–Trinajstić information content (AvgIpc) is 2.54. The molecule has 5 nitrogen and oxygen atoms in total. The summed E-state index contributed by atoms with van der Waals surface area (Å²) >= 11 is 11.7. The van der Waals surface area contributed by atoms with Crippen LogP contribution in [0.25, 0.3) is 6.08 Å². The summed E-state index contributed by atoms with van der Waals surface area (Å²) in [5.74, 6) is -0.440. The normalized spacial score (nSPS) is 11.5. The Labute approximate surface area is 156 Å². The molecule has 0 aromatic heterocycles. The summed E-state index contributed by atoms with van der Waals surface area (Å²) in [5.41, 5.74) is 1.08. The van der Waals surface area contributed by atoms with Crippen LogP contribution < -0.4 is 4.72 Å². The van der Waals surface area contributed by atoms with Crippen LogP contribution in [0.5, 0.6) is 0 Å². The van der Waals surface area contributed by atoms with Crippen molar-refractivity contribution in [3.63, 3.8) is 0 Å². The van der Waals surface area contributed by atoms with Gasteiger partial charge in [0.25, 0.3) is 10.0 Å². The molecule has 25 heavy (non-hydrogen) atoms. The lowest BCUT2D eigenvalue weighted by Crippen LogP contribution is -2.13. The third kappa shape index (κ3) is 5.49. The summed E-state index contributed by atoms with van der Waals surface area (Å²) in [7, 11) is -3.84. The fourth-order valence-corrected chi connectivity index (χ4v) is 3.75. The second-order valence-electron chi connectivity index (χ2n) is 4.89. The molecule has 0 saturated carbocycles. The standard InChI is InChI=1S/C17H15Cl2NO4S/c1-2-24-17(21)10-5-12-3-7-14(8-4-12)20-25(22,23)16-9-6-13(18)11-15(16)19/h3-11,20H,2H2,1H3. The first-order valence-corrected chi connectivity index (χ1v) is 9.48. The maximum absolute atomic E-state index is 12.4. The van der Waals surface area contributed by atoms with Crippen LogP contribution in [0.15, 0.2) is 53.4 Å². The van der Waals surface area contributed by atoms with Crippen molar-refractivity contribution in [1.29, 1.82) is 0 Å². The lowest BCUT2D eigenvalue weighted by molar-refractivity contribution is -0.137. The minimum Gasteiger partial charge on any atom is -0.463 e. The van der Waals surface area contributed by atoms with Gasteiger partial charge in [0.15, 0.2) is 0 Å². The highest BCUT2D eigenvalue weighted by Crippen LogP contribution is 2.26. The Balaban J connectivity index is 2.13. The van der Waals surface area contributed by atoms with Crippen molar-refractivity contribution in [2.75, 3.05) is 11.3 Å². The van der Waals surface area contributed by atoms with Crippen molar-refractivity contribution < 1.29 is 17.9 Å². The van der Waals surface area contributed by atoms with Crippen molar-refractivity contribution in [1.82, 2.24) is 0 Å². The number of anilines is 1. The Kier molecular flexibility index (Phi) is 6.47. The second kappa shape index (κ2) is 8.38. The van der Waals surface area contributed by atoms with Crippen LogP contribution in [-0.4, -0.2) is 21.0 Å². The predicted octanol–water partition coefficient (Wildman–Crippen LogP) is 4.37. The molecule has 0 fully saturated rings. The van der Waals surface area contributed by atoms with E-state index >= 15 is 0 Å². The minimum atomic E-state index is -3.84. The molecule has 0 amide bonds. The highest BCUT2D eigenvalue weighted by Gasteiger charge is 2.18. The summed E-state index contributed by atoms with van der Waals surface area (Å²) in [6.07, 6.45) is 2.88. The van der Waals surface area contributed by atoms with Crippen LogP contribution >= 0.6 is 23.2 Å². The van der Waals surface area contributed by atoms with Gasteiger partial charge in [0.1, 0.15) is 4.90 Å². The SMILES string of the molecule is CCOC(=O)C=Cc1ccc(NS(=O)(=O)c2ccc(Cl)cc2Cl)cc1. The third-order valence-electron chi connectivity index (χ3n) is 3.04. The quantitative estimate of drug-likeness (QED) is 0.577. The monoisotopic (exact) mass is 399 g/mol. The molecule has 0 aliphatic carbocycles. The summed E-state index contributed by atoms with van der Waals surface area (Å²) in [6.45, 7) is 2.02. The van der Waals surface area contributed by atoms with E-state index in [0.717, 1.165) is 5.56 Å². The summed E-state index contributed by atoms with van der Waals surface area (Å²) < 4.78 is 32.0. The molecular weight excluding hydrogens is 385 g/mol. The van der Waals surface area contributed by atoms with E-state index in [0.29, 0.717) is 17.3 Å². The number of nitrogens with one attached hydrogen (secondary N) is 1. The summed E-state index contributed by atoms with van der Waals surface area (Å²) in [5, 5.41) is 0.385. The minimum absolute atomic E-state index is 0.0361. The Morgan fingerprint density at radius 3 is 2.44 bits per heavy atom. The van der Waals surface area contributed by atoms with Gasteiger partial charge >= 0.3 is 5.97 Å². The predicted molar refractivity (Wildman–Crippen MR) is 99.4 cm³/mol. The number of halogens is 2. The number of benzene rings is 2. The molecule has 0 spiro atoms. The second-order valence-corrected chi connectivity index (χ2v) is 7.38. The van der Waals surface area contributed by atoms with Crippen LogP contribution in [0.3, 0.4) is 0 Å². The molecule has 0 heterocycles. The molecule has 0 radical (unpaired) electrons. The van der Waals surface area contributed by atoms with Gasteiger partial charge < -0.3 is 4.74 Å². The van der Waals surface area contributed by atoms with Gasteiger partial charge in [-0.2, -0.15) is 0 Å². The van der Waals surface area contributed by atoms with Gasteiger partial charge in [-0.15, -0.1) is 0 Å². The number of rotatable bonds is 6. The molecule has 2 aromatic carbocycles. The number of ether oxygens (including phenoxy) is 1. The lowest BCUT2D eigenvalue weighted by Gasteiger charge is -2.10. The highest BCUT2D eigenvalue weighted by atomic mass is 35.5. The van der Waals surface area contributed by atoms with Crippen molar-refractivity contribution in [2.45, 2.75) is 11.8 Å². The molecular formula is C17H15Cl2NO4S. The zero-order chi connectivity index (χ0) is 18.4. The molecule has 0 aliphatic heterocycles. The Morgan fingerprint density at radius 1 is 1.16 bits per heavy atom. The molecule has 0 unspecified atom stereocenters. The van der Waals surface area contributed by atoms with Crippen molar-refractivity contribution in [2.24, 2.45) is 0 Å². The van der Waals surface area contributed by atoms with Gasteiger partial charge in [-0.3, -0.25) is 4.72 Å². The van der Waals surface area contributed by atoms with Gasteiger partial charge in [-0.1, -0.05) is 35.3 Å². The van der Waals surface area contributed by atoms with Crippen molar-refractivity contribution in [3.05, 3.63) is 64.1 Å². The number of carbonyl (C=O) groups is 1. The van der Waals surface area contributed by atoms with E-state index in [9.17, 15) is 13.2 Å². The van der Waals surface area contributed by atoms with Crippen LogP contribution in [0.4, 0.5) is 5.69 Å². The fourth-order valence-electron chi connectivity index (χ4n) is 1.92. The van der Waals surface area contributed by atoms with Gasteiger partial charge in [-0.25, -0.2) is 13.2 Å². The number of esters is 1. The molecule has 2 rings (SSSR count). The third-order valence-corrected chi connectivity index (χ3v) is 5.14. The van der Waals surface area contributed by atoms with E-state index in [1.807, 2.05) is 0 Å². The van der Waals surface area contributed by atoms with E-state index in [-0.39, 0.29) is 9.92 Å². The molecule has 1 N–H and O–H groups in total. The van der Waals surface area contributed by atoms with E-state index in [2.05, 4.69) is 4.72 Å². The lowest BCUT2D eigenvalue weighted by atomic mass is 10.2.